The summed E-state index contributed by atoms with van der Waals surface area (Å²) in [7, 11) is 0. The lowest BCUT2D eigenvalue weighted by molar-refractivity contribution is 0.568. The number of hydrogen-bond donors (Lipinski definition) is 0. The normalized spacial score (nSPS) is 13.8. The molecule has 0 saturated carbocycles. The van der Waals surface area contributed by atoms with Crippen LogP contribution in [0.25, 0.3) is 97.3 Å². The average molecular weight is 1100 g/mol. The first-order chi connectivity index (χ1) is 40.6. The number of benzene rings is 14. The summed E-state index contributed by atoms with van der Waals surface area (Å²) in [6.07, 6.45) is 0. The molecule has 0 aliphatic carbocycles. The second-order valence-electron chi connectivity index (χ2n) is 29.1. The Morgan fingerprint density at radius 1 is 0.271 bits per heavy atom. The molecule has 2 nitrogen and oxygen atoms in total. The summed E-state index contributed by atoms with van der Waals surface area (Å²) in [5, 5.41) is 20.4. The van der Waals surface area contributed by atoms with Crippen LogP contribution in [0.5, 0.6) is 0 Å². The lowest BCUT2D eigenvalue weighted by atomic mass is 9.33. The van der Waals surface area contributed by atoms with Crippen molar-refractivity contribution >= 4 is 143 Å². The van der Waals surface area contributed by atoms with Gasteiger partial charge in [0.15, 0.2) is 0 Å². The van der Waals surface area contributed by atoms with E-state index in [1.165, 1.54) is 170 Å². The van der Waals surface area contributed by atoms with Crippen molar-refractivity contribution in [3.05, 3.63) is 235 Å². The first-order valence-electron chi connectivity index (χ1n) is 30.7. The molecule has 0 fully saturated rings. The molecule has 85 heavy (non-hydrogen) atoms. The van der Waals surface area contributed by atoms with E-state index >= 15 is 0 Å². The predicted octanol–water partition coefficient (Wildman–Crippen LogP) is 21.3. The van der Waals surface area contributed by atoms with Crippen LogP contribution in [0.3, 0.4) is 0 Å². The van der Waals surface area contributed by atoms with E-state index in [1.807, 2.05) is 0 Å². The van der Waals surface area contributed by atoms with Crippen LogP contribution >= 0.6 is 0 Å². The quantitative estimate of drug-likeness (QED) is 0.0988. The lowest BCUT2D eigenvalue weighted by Crippen LogP contribution is -2.61. The van der Waals surface area contributed by atoms with Crippen molar-refractivity contribution in [2.24, 2.45) is 0 Å². The zero-order valence-corrected chi connectivity index (χ0v) is 51.2. The van der Waals surface area contributed by atoms with E-state index in [-0.39, 0.29) is 28.4 Å². The zero-order chi connectivity index (χ0) is 58.4. The summed E-state index contributed by atoms with van der Waals surface area (Å²) in [6, 6.07) is 83.4. The van der Waals surface area contributed by atoms with E-state index in [2.05, 4.69) is 305 Å². The van der Waals surface area contributed by atoms with Gasteiger partial charge in [0, 0.05) is 34.1 Å². The van der Waals surface area contributed by atoms with Crippen LogP contribution in [0.1, 0.15) is 105 Å². The predicted molar refractivity (Wildman–Crippen MR) is 372 cm³/mol. The Morgan fingerprint density at radius 2 is 0.624 bits per heavy atom. The van der Waals surface area contributed by atoms with Crippen LogP contribution in [0.15, 0.2) is 212 Å². The molecule has 0 aromatic heterocycles. The zero-order valence-electron chi connectivity index (χ0n) is 51.2. The lowest BCUT2D eigenvalue weighted by Gasteiger charge is -2.45. The molecule has 2 aliphatic heterocycles. The number of rotatable bonds is 3. The number of hydrogen-bond acceptors (Lipinski definition) is 2. The number of fused-ring (bicyclic) bond motifs is 10. The third-order valence-electron chi connectivity index (χ3n) is 19.4. The van der Waals surface area contributed by atoms with Crippen LogP contribution in [0, 0.1) is 0 Å². The van der Waals surface area contributed by atoms with Crippen LogP contribution < -0.4 is 26.2 Å². The molecule has 0 unspecified atom stereocenters. The van der Waals surface area contributed by atoms with Gasteiger partial charge in [-0.3, -0.25) is 0 Å². The molecule has 0 N–H and O–H groups in total. The van der Waals surface area contributed by atoms with Crippen LogP contribution in [0.4, 0.5) is 34.1 Å². The minimum absolute atomic E-state index is 0.114. The third kappa shape index (κ3) is 7.99. The number of anilines is 6. The van der Waals surface area contributed by atoms with Gasteiger partial charge in [0.05, 0.1) is 0 Å². The molecular weight excluding hydrogens is 1020 g/mol. The molecule has 0 bridgehead atoms. The van der Waals surface area contributed by atoms with Crippen LogP contribution in [0.2, 0.25) is 0 Å². The molecule has 14 aromatic rings. The minimum atomic E-state index is -0.114. The Bertz CT molecular complexity index is 4840. The fourth-order valence-corrected chi connectivity index (χ4v) is 14.7. The van der Waals surface area contributed by atoms with E-state index in [1.54, 1.807) is 0 Å². The van der Waals surface area contributed by atoms with E-state index in [0.717, 1.165) is 0 Å². The molecule has 2 heterocycles. The van der Waals surface area contributed by atoms with Gasteiger partial charge in [0.1, 0.15) is 0 Å². The molecule has 0 spiro atoms. The average Bonchev–Trinajstić information content (AvgIpc) is 0.717. The summed E-state index contributed by atoms with van der Waals surface area (Å²) >= 11 is 0. The minimum Gasteiger partial charge on any atom is -0.311 e. The highest BCUT2D eigenvalue weighted by atomic mass is 15.2. The molecule has 0 saturated heterocycles. The molecule has 0 radical (unpaired) electrons. The van der Waals surface area contributed by atoms with Gasteiger partial charge in [-0.2, -0.15) is 0 Å². The van der Waals surface area contributed by atoms with Crippen molar-refractivity contribution in [3.63, 3.8) is 0 Å². The van der Waals surface area contributed by atoms with Gasteiger partial charge >= 0.3 is 0 Å². The second-order valence-corrected chi connectivity index (χ2v) is 29.1. The second kappa shape index (κ2) is 17.8. The first-order valence-corrected chi connectivity index (χ1v) is 30.7. The van der Waals surface area contributed by atoms with Gasteiger partial charge in [-0.1, -0.05) is 223 Å². The molecule has 0 amide bonds. The highest BCUT2D eigenvalue weighted by molar-refractivity contribution is 7.00. The van der Waals surface area contributed by atoms with Crippen molar-refractivity contribution < 1.29 is 0 Å². The van der Waals surface area contributed by atoms with Crippen molar-refractivity contribution in [3.8, 4) is 11.1 Å². The van der Waals surface area contributed by atoms with Gasteiger partial charge in [-0.15, -0.1) is 0 Å². The molecule has 2 aliphatic rings. The topological polar surface area (TPSA) is 6.48 Å². The number of nitrogens with zero attached hydrogens (tertiary/aromatic N) is 2. The van der Waals surface area contributed by atoms with Gasteiger partial charge in [0.2, 0.25) is 0 Å². The molecule has 16 rings (SSSR count). The van der Waals surface area contributed by atoms with Crippen molar-refractivity contribution in [1.29, 1.82) is 0 Å². The van der Waals surface area contributed by atoms with E-state index in [9.17, 15) is 0 Å². The Balaban J connectivity index is 1.10. The summed E-state index contributed by atoms with van der Waals surface area (Å²) in [4.78, 5) is 5.39. The van der Waals surface area contributed by atoms with Crippen LogP contribution in [-0.2, 0) is 21.7 Å². The van der Waals surface area contributed by atoms with E-state index in [4.69, 9.17) is 0 Å². The summed E-state index contributed by atoms with van der Waals surface area (Å²) in [5.74, 6) is 0. The Labute approximate surface area is 500 Å². The van der Waals surface area contributed by atoms with Crippen LogP contribution in [-0.4, -0.2) is 6.71 Å². The van der Waals surface area contributed by atoms with Crippen molar-refractivity contribution in [2.45, 2.75) is 105 Å². The largest absolute Gasteiger partial charge is 0.311 e. The van der Waals surface area contributed by atoms with E-state index < -0.39 is 0 Å². The maximum Gasteiger partial charge on any atom is 0.252 e. The Hall–Kier alpha value is -8.92. The molecular formula is C82H71BN2. The van der Waals surface area contributed by atoms with Crippen molar-refractivity contribution in [1.82, 2.24) is 0 Å². The monoisotopic (exact) mass is 1090 g/mol. The van der Waals surface area contributed by atoms with E-state index in [0.29, 0.717) is 0 Å². The van der Waals surface area contributed by atoms with Gasteiger partial charge in [0.25, 0.3) is 6.71 Å². The highest BCUT2D eigenvalue weighted by Gasteiger charge is 2.45. The summed E-state index contributed by atoms with van der Waals surface area (Å²) in [5.41, 5.74) is 18.5. The first kappa shape index (κ1) is 51.7. The SMILES string of the molecule is CC(C)(C)c1cc(N2c3cc4cc5ccccc5cc4cc3B3c4cc5cc6ccccc6cc5cc4N(c4cc(C(C)(C)C)cc(C(C)(C)C)c4)c4cc(-c5ccc6c7cccc8cccc(c9cccc5c96)c87)cc2c43)cc(C(C)(C)C)c1. The fourth-order valence-electron chi connectivity index (χ4n) is 14.7. The Morgan fingerprint density at radius 3 is 1.04 bits per heavy atom. The smallest absolute Gasteiger partial charge is 0.252 e. The molecule has 14 aromatic carbocycles. The van der Waals surface area contributed by atoms with Gasteiger partial charge in [-0.05, 0) is 230 Å². The van der Waals surface area contributed by atoms with Crippen molar-refractivity contribution in [2.75, 3.05) is 9.80 Å². The molecule has 0 atom stereocenters. The highest BCUT2D eigenvalue weighted by Crippen LogP contribution is 2.52. The molecule has 3 heteroatoms. The van der Waals surface area contributed by atoms with Gasteiger partial charge < -0.3 is 9.80 Å². The Kier molecular flexibility index (Phi) is 10.8. The maximum absolute atomic E-state index is 2.69. The summed E-state index contributed by atoms with van der Waals surface area (Å²) in [6.45, 7) is 28.3. The fraction of sp³-hybridized carbons (Fsp3) is 0.195. The standard InChI is InChI=1S/C82H71BN2/c1-79(2,3)58-42-59(80(4,5)6)45-62(44-58)84-72-38-55-34-51-22-15-13-20-49(51)32-53(55)36-70(72)83-71-37-54-33-50-21-14-16-23-52(50)35-56(54)39-73(71)85(63-46-60(81(7,8)9)43-61(47-63)82(10,11)12)75-41-57(40-74(84)78(75)83)64-30-31-69-67-27-18-25-48-24-17-26-66(76(48)67)68-29-19-28-65(64)77(68)69/h13-47H,1-12H3. The molecule has 412 valence electrons. The third-order valence-corrected chi connectivity index (χ3v) is 19.4. The maximum atomic E-state index is 2.69. The summed E-state index contributed by atoms with van der Waals surface area (Å²) < 4.78 is 0. The van der Waals surface area contributed by atoms with Gasteiger partial charge in [-0.25, -0.2) is 0 Å².